The SMILES string of the molecule is COc1cc(C)nc(CNCc2ccc(CO)cc2)c1. The molecule has 0 bridgehead atoms. The number of pyridine rings is 1. The van der Waals surface area contributed by atoms with Crippen LogP contribution in [0.25, 0.3) is 0 Å². The number of aliphatic hydroxyl groups is 1. The third kappa shape index (κ3) is 4.05. The van der Waals surface area contributed by atoms with Crippen molar-refractivity contribution in [2.75, 3.05) is 7.11 Å². The summed E-state index contributed by atoms with van der Waals surface area (Å²) in [6.45, 7) is 3.50. The van der Waals surface area contributed by atoms with Crippen molar-refractivity contribution in [3.63, 3.8) is 0 Å². The van der Waals surface area contributed by atoms with E-state index in [1.807, 2.05) is 43.3 Å². The lowest BCUT2D eigenvalue weighted by Crippen LogP contribution is -2.14. The molecule has 0 unspecified atom stereocenters. The number of nitrogens with one attached hydrogen (secondary N) is 1. The third-order valence-corrected chi connectivity index (χ3v) is 3.06. The van der Waals surface area contributed by atoms with E-state index in [4.69, 9.17) is 9.84 Å². The molecule has 0 fully saturated rings. The van der Waals surface area contributed by atoms with Gasteiger partial charge in [-0.25, -0.2) is 0 Å². The first-order valence-electron chi connectivity index (χ1n) is 6.62. The largest absolute Gasteiger partial charge is 0.497 e. The Morgan fingerprint density at radius 1 is 1.10 bits per heavy atom. The van der Waals surface area contributed by atoms with Crippen LogP contribution in [0.2, 0.25) is 0 Å². The molecule has 0 spiro atoms. The highest BCUT2D eigenvalue weighted by molar-refractivity contribution is 5.27. The summed E-state index contributed by atoms with van der Waals surface area (Å²) in [7, 11) is 1.66. The van der Waals surface area contributed by atoms with E-state index >= 15 is 0 Å². The maximum absolute atomic E-state index is 8.99. The van der Waals surface area contributed by atoms with Gasteiger partial charge in [0.15, 0.2) is 0 Å². The number of ether oxygens (including phenoxy) is 1. The van der Waals surface area contributed by atoms with Crippen molar-refractivity contribution >= 4 is 0 Å². The fourth-order valence-electron chi connectivity index (χ4n) is 2.01. The quantitative estimate of drug-likeness (QED) is 0.846. The molecule has 4 heteroatoms. The van der Waals surface area contributed by atoms with Gasteiger partial charge in [0.25, 0.3) is 0 Å². The predicted molar refractivity (Wildman–Crippen MR) is 78.4 cm³/mol. The summed E-state index contributed by atoms with van der Waals surface area (Å²) in [5.74, 6) is 0.835. The lowest BCUT2D eigenvalue weighted by atomic mass is 10.1. The van der Waals surface area contributed by atoms with Crippen molar-refractivity contribution < 1.29 is 9.84 Å². The van der Waals surface area contributed by atoms with E-state index in [2.05, 4.69) is 10.3 Å². The molecule has 2 aromatic rings. The highest BCUT2D eigenvalue weighted by atomic mass is 16.5. The van der Waals surface area contributed by atoms with Gasteiger partial charge in [0.05, 0.1) is 19.4 Å². The van der Waals surface area contributed by atoms with Crippen LogP contribution < -0.4 is 10.1 Å². The van der Waals surface area contributed by atoms with Gasteiger partial charge in [-0.05, 0) is 18.1 Å². The molecule has 0 saturated heterocycles. The molecule has 1 heterocycles. The molecule has 4 nitrogen and oxygen atoms in total. The number of aryl methyl sites for hydroxylation is 1. The van der Waals surface area contributed by atoms with Crippen LogP contribution in [-0.2, 0) is 19.7 Å². The first-order chi connectivity index (χ1) is 9.71. The first kappa shape index (κ1) is 14.5. The molecule has 20 heavy (non-hydrogen) atoms. The van der Waals surface area contributed by atoms with E-state index in [-0.39, 0.29) is 6.61 Å². The third-order valence-electron chi connectivity index (χ3n) is 3.06. The Balaban J connectivity index is 1.90. The first-order valence-corrected chi connectivity index (χ1v) is 6.62. The van der Waals surface area contributed by atoms with Crippen LogP contribution in [0.1, 0.15) is 22.5 Å². The van der Waals surface area contributed by atoms with Gasteiger partial charge >= 0.3 is 0 Å². The Bertz CT molecular complexity index is 553. The summed E-state index contributed by atoms with van der Waals surface area (Å²) < 4.78 is 5.23. The van der Waals surface area contributed by atoms with Gasteiger partial charge < -0.3 is 15.2 Å². The number of hydrogen-bond donors (Lipinski definition) is 2. The van der Waals surface area contributed by atoms with Crippen LogP contribution in [0.3, 0.4) is 0 Å². The molecule has 2 rings (SSSR count). The predicted octanol–water partition coefficient (Wildman–Crippen LogP) is 2.18. The Morgan fingerprint density at radius 3 is 2.45 bits per heavy atom. The molecular weight excluding hydrogens is 252 g/mol. The normalized spacial score (nSPS) is 10.6. The van der Waals surface area contributed by atoms with Crippen LogP contribution >= 0.6 is 0 Å². The van der Waals surface area contributed by atoms with Crippen molar-refractivity contribution in [2.45, 2.75) is 26.6 Å². The van der Waals surface area contributed by atoms with Crippen LogP contribution in [-0.4, -0.2) is 17.2 Å². The van der Waals surface area contributed by atoms with Gasteiger partial charge in [-0.1, -0.05) is 24.3 Å². The summed E-state index contributed by atoms with van der Waals surface area (Å²) in [5.41, 5.74) is 4.03. The molecule has 0 aliphatic heterocycles. The number of aliphatic hydroxyl groups excluding tert-OH is 1. The monoisotopic (exact) mass is 272 g/mol. The fourth-order valence-corrected chi connectivity index (χ4v) is 2.01. The minimum absolute atomic E-state index is 0.0840. The molecule has 0 amide bonds. The summed E-state index contributed by atoms with van der Waals surface area (Å²) in [6.07, 6.45) is 0. The highest BCUT2D eigenvalue weighted by Crippen LogP contribution is 2.13. The average molecular weight is 272 g/mol. The Labute approximate surface area is 119 Å². The molecule has 0 aliphatic carbocycles. The summed E-state index contributed by atoms with van der Waals surface area (Å²) in [6, 6.07) is 11.8. The Kier molecular flexibility index (Phi) is 5.09. The van der Waals surface area contributed by atoms with Crippen molar-refractivity contribution in [2.24, 2.45) is 0 Å². The second-order valence-electron chi connectivity index (χ2n) is 4.72. The van der Waals surface area contributed by atoms with E-state index in [9.17, 15) is 0 Å². The number of methoxy groups -OCH3 is 1. The number of aromatic nitrogens is 1. The Morgan fingerprint density at radius 2 is 1.80 bits per heavy atom. The Hall–Kier alpha value is -1.91. The summed E-state index contributed by atoms with van der Waals surface area (Å²) >= 11 is 0. The van der Waals surface area contributed by atoms with Crippen LogP contribution in [0.4, 0.5) is 0 Å². The molecule has 106 valence electrons. The molecule has 1 aromatic carbocycles. The smallest absolute Gasteiger partial charge is 0.122 e. The molecule has 0 aliphatic rings. The number of rotatable bonds is 6. The maximum Gasteiger partial charge on any atom is 0.122 e. The minimum Gasteiger partial charge on any atom is -0.497 e. The van der Waals surface area contributed by atoms with Crippen molar-refractivity contribution in [1.82, 2.24) is 10.3 Å². The van der Waals surface area contributed by atoms with Gasteiger partial charge in [0, 0.05) is 30.9 Å². The molecule has 1 aromatic heterocycles. The van der Waals surface area contributed by atoms with Gasteiger partial charge in [-0.3, -0.25) is 4.98 Å². The summed E-state index contributed by atoms with van der Waals surface area (Å²) in [4.78, 5) is 4.46. The lowest BCUT2D eigenvalue weighted by molar-refractivity contribution is 0.282. The van der Waals surface area contributed by atoms with Crippen molar-refractivity contribution in [3.05, 3.63) is 58.9 Å². The van der Waals surface area contributed by atoms with Crippen LogP contribution in [0.5, 0.6) is 5.75 Å². The van der Waals surface area contributed by atoms with Gasteiger partial charge in [0.1, 0.15) is 5.75 Å². The standard InChI is InChI=1S/C16H20N2O2/c1-12-7-16(20-2)8-15(18-12)10-17-9-13-3-5-14(11-19)6-4-13/h3-8,17,19H,9-11H2,1-2H3. The zero-order valence-corrected chi connectivity index (χ0v) is 11.9. The average Bonchev–Trinajstić information content (AvgIpc) is 2.47. The zero-order valence-electron chi connectivity index (χ0n) is 11.9. The molecule has 2 N–H and O–H groups in total. The second-order valence-corrected chi connectivity index (χ2v) is 4.72. The van der Waals surface area contributed by atoms with Crippen molar-refractivity contribution in [3.8, 4) is 5.75 Å². The van der Waals surface area contributed by atoms with Gasteiger partial charge in [-0.15, -0.1) is 0 Å². The van der Waals surface area contributed by atoms with E-state index in [0.717, 1.165) is 29.2 Å². The number of hydrogen-bond acceptors (Lipinski definition) is 4. The van der Waals surface area contributed by atoms with E-state index < -0.39 is 0 Å². The van der Waals surface area contributed by atoms with Gasteiger partial charge in [-0.2, -0.15) is 0 Å². The minimum atomic E-state index is 0.0840. The fraction of sp³-hybridized carbons (Fsp3) is 0.312. The van der Waals surface area contributed by atoms with Gasteiger partial charge in [0.2, 0.25) is 0 Å². The second kappa shape index (κ2) is 7.03. The maximum atomic E-state index is 8.99. The molecular formula is C16H20N2O2. The topological polar surface area (TPSA) is 54.4 Å². The van der Waals surface area contributed by atoms with Crippen LogP contribution in [0.15, 0.2) is 36.4 Å². The summed E-state index contributed by atoms with van der Waals surface area (Å²) in [5, 5.41) is 12.3. The molecule has 0 radical (unpaired) electrons. The molecule has 0 atom stereocenters. The van der Waals surface area contributed by atoms with Crippen molar-refractivity contribution in [1.29, 1.82) is 0 Å². The zero-order chi connectivity index (χ0) is 14.4. The van der Waals surface area contributed by atoms with E-state index in [1.165, 1.54) is 5.56 Å². The number of nitrogens with zero attached hydrogens (tertiary/aromatic N) is 1. The lowest BCUT2D eigenvalue weighted by Gasteiger charge is -2.08. The van der Waals surface area contributed by atoms with Crippen LogP contribution in [0, 0.1) is 6.92 Å². The van der Waals surface area contributed by atoms with E-state index in [1.54, 1.807) is 7.11 Å². The van der Waals surface area contributed by atoms with E-state index in [0.29, 0.717) is 6.54 Å². The number of benzene rings is 1. The molecule has 0 saturated carbocycles. The highest BCUT2D eigenvalue weighted by Gasteiger charge is 2.01.